The molecule has 3 heteroatoms. The molecule has 0 bridgehead atoms. The molecule has 0 aromatic rings. The molecule has 3 nitrogen and oxygen atoms in total. The van der Waals surface area contributed by atoms with Gasteiger partial charge in [0.25, 0.3) is 0 Å². The van der Waals surface area contributed by atoms with Crippen molar-refractivity contribution in [3.05, 3.63) is 0 Å². The van der Waals surface area contributed by atoms with Crippen LogP contribution >= 0.6 is 0 Å². The minimum absolute atomic E-state index is 0.251. The average molecular weight is 158 g/mol. The van der Waals surface area contributed by atoms with E-state index in [1.54, 1.807) is 0 Å². The first-order valence-corrected chi connectivity index (χ1v) is 4.40. The smallest absolute Gasteiger partial charge is 0.0474 e. The van der Waals surface area contributed by atoms with Gasteiger partial charge < -0.3 is 16.2 Å². The maximum Gasteiger partial charge on any atom is 0.0474 e. The van der Waals surface area contributed by atoms with Gasteiger partial charge in [-0.3, -0.25) is 0 Å². The van der Waals surface area contributed by atoms with Crippen LogP contribution in [0.15, 0.2) is 0 Å². The summed E-state index contributed by atoms with van der Waals surface area (Å²) in [5.74, 6) is 0.975. The maximum atomic E-state index is 8.98. The molecule has 0 aromatic heterocycles. The normalized spacial score (nSPS) is 23.5. The van der Waals surface area contributed by atoms with E-state index in [1.807, 2.05) is 0 Å². The Morgan fingerprint density at radius 3 is 2.55 bits per heavy atom. The van der Waals surface area contributed by atoms with Crippen molar-refractivity contribution in [2.24, 2.45) is 17.6 Å². The highest BCUT2D eigenvalue weighted by atomic mass is 16.3. The summed E-state index contributed by atoms with van der Waals surface area (Å²) in [4.78, 5) is 0. The van der Waals surface area contributed by atoms with Crippen LogP contribution in [0.3, 0.4) is 0 Å². The van der Waals surface area contributed by atoms with Crippen LogP contribution in [0.5, 0.6) is 0 Å². The number of piperidine rings is 1. The molecular weight excluding hydrogens is 140 g/mol. The van der Waals surface area contributed by atoms with E-state index in [2.05, 4.69) is 5.32 Å². The van der Waals surface area contributed by atoms with Crippen molar-refractivity contribution in [1.29, 1.82) is 0 Å². The van der Waals surface area contributed by atoms with Gasteiger partial charge in [0.15, 0.2) is 0 Å². The standard InChI is InChI=1S/C8H18N2O/c9-5-8(6-11)7-1-3-10-4-2-7/h7-8,10-11H,1-6,9H2. The van der Waals surface area contributed by atoms with Gasteiger partial charge in [0.2, 0.25) is 0 Å². The van der Waals surface area contributed by atoms with E-state index in [0.29, 0.717) is 18.4 Å². The molecule has 0 aromatic carbocycles. The van der Waals surface area contributed by atoms with E-state index in [1.165, 1.54) is 12.8 Å². The minimum atomic E-state index is 0.251. The fraction of sp³-hybridized carbons (Fsp3) is 1.00. The highest BCUT2D eigenvalue weighted by Crippen LogP contribution is 2.20. The fourth-order valence-corrected chi connectivity index (χ4v) is 1.73. The summed E-state index contributed by atoms with van der Waals surface area (Å²) >= 11 is 0. The van der Waals surface area contributed by atoms with Gasteiger partial charge in [0.05, 0.1) is 0 Å². The third-order valence-corrected chi connectivity index (χ3v) is 2.59. The van der Waals surface area contributed by atoms with Crippen molar-refractivity contribution in [2.75, 3.05) is 26.2 Å². The second-order valence-electron chi connectivity index (χ2n) is 3.27. The molecule has 1 aliphatic heterocycles. The number of hydrogen-bond acceptors (Lipinski definition) is 3. The molecule has 1 aliphatic rings. The summed E-state index contributed by atoms with van der Waals surface area (Å²) in [6.45, 7) is 3.05. The SMILES string of the molecule is NCC(CO)C1CCNCC1. The number of aliphatic hydroxyl groups is 1. The highest BCUT2D eigenvalue weighted by molar-refractivity contribution is 4.75. The second-order valence-corrected chi connectivity index (χ2v) is 3.27. The number of rotatable bonds is 3. The zero-order valence-corrected chi connectivity index (χ0v) is 6.92. The van der Waals surface area contributed by atoms with Crippen LogP contribution in [-0.4, -0.2) is 31.3 Å². The lowest BCUT2D eigenvalue weighted by molar-refractivity contribution is 0.157. The minimum Gasteiger partial charge on any atom is -0.396 e. The molecule has 1 heterocycles. The lowest BCUT2D eigenvalue weighted by Gasteiger charge is -2.28. The Morgan fingerprint density at radius 1 is 1.45 bits per heavy atom. The van der Waals surface area contributed by atoms with Crippen molar-refractivity contribution in [2.45, 2.75) is 12.8 Å². The van der Waals surface area contributed by atoms with E-state index < -0.39 is 0 Å². The first-order chi connectivity index (χ1) is 5.38. The molecule has 0 radical (unpaired) electrons. The summed E-state index contributed by atoms with van der Waals surface area (Å²) in [5.41, 5.74) is 5.53. The first kappa shape index (κ1) is 8.97. The van der Waals surface area contributed by atoms with Gasteiger partial charge in [0, 0.05) is 6.61 Å². The van der Waals surface area contributed by atoms with E-state index in [0.717, 1.165) is 13.1 Å². The Hall–Kier alpha value is -0.120. The van der Waals surface area contributed by atoms with E-state index >= 15 is 0 Å². The van der Waals surface area contributed by atoms with Gasteiger partial charge in [-0.05, 0) is 44.3 Å². The molecule has 0 aliphatic carbocycles. The predicted molar refractivity (Wildman–Crippen MR) is 45.2 cm³/mol. The Kier molecular flexibility index (Phi) is 3.83. The maximum absolute atomic E-state index is 8.98. The largest absolute Gasteiger partial charge is 0.396 e. The Bertz CT molecular complexity index is 98.3. The average Bonchev–Trinajstić information content (AvgIpc) is 2.09. The van der Waals surface area contributed by atoms with Crippen LogP contribution in [-0.2, 0) is 0 Å². The van der Waals surface area contributed by atoms with Gasteiger partial charge in [0.1, 0.15) is 0 Å². The summed E-state index contributed by atoms with van der Waals surface area (Å²) in [5, 5.41) is 12.3. The molecule has 1 unspecified atom stereocenters. The molecule has 1 saturated heterocycles. The summed E-state index contributed by atoms with van der Waals surface area (Å²) in [7, 11) is 0. The zero-order valence-electron chi connectivity index (χ0n) is 6.92. The van der Waals surface area contributed by atoms with Crippen molar-refractivity contribution in [1.82, 2.24) is 5.32 Å². The quantitative estimate of drug-likeness (QED) is 0.521. The van der Waals surface area contributed by atoms with E-state index in [4.69, 9.17) is 10.8 Å². The first-order valence-electron chi connectivity index (χ1n) is 4.40. The summed E-state index contributed by atoms with van der Waals surface area (Å²) in [6.07, 6.45) is 2.34. The van der Waals surface area contributed by atoms with Crippen molar-refractivity contribution >= 4 is 0 Å². The molecule has 1 atom stereocenters. The fourth-order valence-electron chi connectivity index (χ4n) is 1.73. The predicted octanol–water partition coefficient (Wildman–Crippen LogP) is -0.447. The molecular formula is C8H18N2O. The van der Waals surface area contributed by atoms with Crippen LogP contribution in [0.2, 0.25) is 0 Å². The van der Waals surface area contributed by atoms with Gasteiger partial charge in [-0.25, -0.2) is 0 Å². The van der Waals surface area contributed by atoms with Crippen molar-refractivity contribution in [3.8, 4) is 0 Å². The molecule has 0 amide bonds. The summed E-state index contributed by atoms with van der Waals surface area (Å²) in [6, 6.07) is 0. The molecule has 0 spiro atoms. The topological polar surface area (TPSA) is 58.3 Å². The monoisotopic (exact) mass is 158 g/mol. The van der Waals surface area contributed by atoms with Crippen LogP contribution in [0, 0.1) is 11.8 Å². The lowest BCUT2D eigenvalue weighted by Crippen LogP contribution is -2.35. The molecule has 1 fully saturated rings. The van der Waals surface area contributed by atoms with Crippen LogP contribution in [0.4, 0.5) is 0 Å². The molecule has 1 rings (SSSR count). The van der Waals surface area contributed by atoms with E-state index in [-0.39, 0.29) is 6.61 Å². The Morgan fingerprint density at radius 2 is 2.09 bits per heavy atom. The third kappa shape index (κ3) is 2.43. The number of hydrogen-bond donors (Lipinski definition) is 3. The van der Waals surface area contributed by atoms with Crippen LogP contribution in [0.25, 0.3) is 0 Å². The molecule has 4 N–H and O–H groups in total. The van der Waals surface area contributed by atoms with Gasteiger partial charge in [-0.1, -0.05) is 0 Å². The number of nitrogens with one attached hydrogen (secondary N) is 1. The summed E-state index contributed by atoms with van der Waals surface area (Å²) < 4.78 is 0. The molecule has 0 saturated carbocycles. The Labute approximate surface area is 68.0 Å². The molecule has 66 valence electrons. The second kappa shape index (κ2) is 4.70. The third-order valence-electron chi connectivity index (χ3n) is 2.59. The number of aliphatic hydroxyl groups excluding tert-OH is 1. The van der Waals surface area contributed by atoms with Gasteiger partial charge in [-0.15, -0.1) is 0 Å². The van der Waals surface area contributed by atoms with Crippen LogP contribution < -0.4 is 11.1 Å². The zero-order chi connectivity index (χ0) is 8.10. The Balaban J connectivity index is 2.30. The van der Waals surface area contributed by atoms with E-state index in [9.17, 15) is 0 Å². The van der Waals surface area contributed by atoms with Crippen LogP contribution in [0.1, 0.15) is 12.8 Å². The van der Waals surface area contributed by atoms with Gasteiger partial charge in [-0.2, -0.15) is 0 Å². The highest BCUT2D eigenvalue weighted by Gasteiger charge is 2.21. The lowest BCUT2D eigenvalue weighted by atomic mass is 9.85. The number of nitrogens with two attached hydrogens (primary N) is 1. The van der Waals surface area contributed by atoms with Gasteiger partial charge >= 0.3 is 0 Å². The van der Waals surface area contributed by atoms with Crippen molar-refractivity contribution in [3.63, 3.8) is 0 Å². The molecule has 11 heavy (non-hydrogen) atoms. The van der Waals surface area contributed by atoms with Crippen molar-refractivity contribution < 1.29 is 5.11 Å².